The Balaban J connectivity index is 0.00000121. The average molecular weight is 190 g/mol. The van der Waals surface area contributed by atoms with E-state index in [1.807, 2.05) is 19.4 Å². The summed E-state index contributed by atoms with van der Waals surface area (Å²) in [6.07, 6.45) is 3.79. The molecule has 0 saturated carbocycles. The third-order valence-corrected chi connectivity index (χ3v) is 1.83. The lowest BCUT2D eigenvalue weighted by molar-refractivity contribution is 0.514. The van der Waals surface area contributed by atoms with Crippen molar-refractivity contribution in [2.45, 2.75) is 19.9 Å². The lowest BCUT2D eigenvalue weighted by Crippen LogP contribution is -2.15. The maximum absolute atomic E-state index is 5.90. The molecule has 0 saturated heterocycles. The molecule has 0 aliphatic rings. The molecule has 2 N–H and O–H groups in total. The van der Waals surface area contributed by atoms with Crippen LogP contribution in [0.2, 0.25) is 0 Å². The lowest BCUT2D eigenvalue weighted by atomic mass is 10.0. The molecule has 1 unspecified atom stereocenters. The van der Waals surface area contributed by atoms with Crippen molar-refractivity contribution in [3.63, 3.8) is 0 Å². The second-order valence-corrected chi connectivity index (χ2v) is 3.22. The van der Waals surface area contributed by atoms with Gasteiger partial charge in [0.15, 0.2) is 0 Å². The van der Waals surface area contributed by atoms with Gasteiger partial charge in [0.2, 0.25) is 0 Å². The summed E-state index contributed by atoms with van der Waals surface area (Å²) >= 11 is 0. The number of nitrogens with zero attached hydrogens (tertiary/aromatic N) is 2. The molecule has 0 fully saturated rings. The highest BCUT2D eigenvalue weighted by atomic mass is 35.5. The number of hydrogen-bond donors (Lipinski definition) is 1. The summed E-state index contributed by atoms with van der Waals surface area (Å²) in [7, 11) is 1.90. The van der Waals surface area contributed by atoms with Gasteiger partial charge >= 0.3 is 0 Å². The van der Waals surface area contributed by atoms with Crippen molar-refractivity contribution >= 4 is 12.4 Å². The number of aryl methyl sites for hydroxylation is 1. The molecule has 0 amide bonds. The first kappa shape index (κ1) is 11.5. The van der Waals surface area contributed by atoms with E-state index in [0.717, 1.165) is 5.56 Å². The van der Waals surface area contributed by atoms with E-state index in [9.17, 15) is 0 Å². The minimum absolute atomic E-state index is 0. The molecule has 0 bridgehead atoms. The van der Waals surface area contributed by atoms with Gasteiger partial charge in [-0.3, -0.25) is 4.68 Å². The van der Waals surface area contributed by atoms with Crippen molar-refractivity contribution in [3.8, 4) is 0 Å². The van der Waals surface area contributed by atoms with Crippen molar-refractivity contribution in [1.29, 1.82) is 0 Å². The predicted molar refractivity (Wildman–Crippen MR) is 52.2 cm³/mol. The minimum atomic E-state index is 0. The van der Waals surface area contributed by atoms with Gasteiger partial charge in [-0.2, -0.15) is 5.10 Å². The van der Waals surface area contributed by atoms with Gasteiger partial charge in [-0.25, -0.2) is 0 Å². The number of hydrogen-bond acceptors (Lipinski definition) is 2. The first-order valence-corrected chi connectivity index (χ1v) is 3.85. The van der Waals surface area contributed by atoms with E-state index in [-0.39, 0.29) is 18.4 Å². The summed E-state index contributed by atoms with van der Waals surface area (Å²) in [5, 5.41) is 4.06. The van der Waals surface area contributed by atoms with E-state index in [4.69, 9.17) is 5.73 Å². The van der Waals surface area contributed by atoms with Crippen LogP contribution in [-0.2, 0) is 7.05 Å². The molecular formula is C8H16ClN3. The molecule has 1 aromatic rings. The second-order valence-electron chi connectivity index (χ2n) is 3.22. The highest BCUT2D eigenvalue weighted by molar-refractivity contribution is 5.85. The Morgan fingerprint density at radius 2 is 2.08 bits per heavy atom. The Morgan fingerprint density at radius 1 is 1.50 bits per heavy atom. The summed E-state index contributed by atoms with van der Waals surface area (Å²) < 4.78 is 1.78. The van der Waals surface area contributed by atoms with Crippen LogP contribution >= 0.6 is 12.4 Å². The number of nitrogens with two attached hydrogens (primary N) is 1. The zero-order chi connectivity index (χ0) is 8.43. The Morgan fingerprint density at radius 3 is 2.42 bits per heavy atom. The maximum atomic E-state index is 5.90. The second kappa shape index (κ2) is 4.48. The smallest absolute Gasteiger partial charge is 0.0537 e. The third kappa shape index (κ3) is 2.50. The van der Waals surface area contributed by atoms with Crippen molar-refractivity contribution in [3.05, 3.63) is 18.0 Å². The van der Waals surface area contributed by atoms with Gasteiger partial charge in [0.25, 0.3) is 0 Å². The summed E-state index contributed by atoms with van der Waals surface area (Å²) in [6.45, 7) is 4.22. The first-order chi connectivity index (χ1) is 5.11. The predicted octanol–water partition coefficient (Wildman–Crippen LogP) is 1.50. The molecule has 0 radical (unpaired) electrons. The van der Waals surface area contributed by atoms with Gasteiger partial charge in [0.05, 0.1) is 6.20 Å². The zero-order valence-corrected chi connectivity index (χ0v) is 8.51. The molecule has 1 atom stereocenters. The van der Waals surface area contributed by atoms with Crippen LogP contribution in [0.15, 0.2) is 12.4 Å². The molecule has 0 aliphatic heterocycles. The minimum Gasteiger partial charge on any atom is -0.324 e. The van der Waals surface area contributed by atoms with Gasteiger partial charge in [-0.1, -0.05) is 13.8 Å². The first-order valence-electron chi connectivity index (χ1n) is 3.85. The molecule has 70 valence electrons. The Kier molecular flexibility index (Phi) is 4.28. The van der Waals surface area contributed by atoms with Crippen LogP contribution in [-0.4, -0.2) is 9.78 Å². The average Bonchev–Trinajstić information content (AvgIpc) is 2.34. The van der Waals surface area contributed by atoms with Crippen LogP contribution in [0.5, 0.6) is 0 Å². The van der Waals surface area contributed by atoms with Crippen LogP contribution < -0.4 is 5.73 Å². The summed E-state index contributed by atoms with van der Waals surface area (Å²) in [6, 6.07) is 0.115. The van der Waals surface area contributed by atoms with E-state index in [0.29, 0.717) is 5.92 Å². The summed E-state index contributed by atoms with van der Waals surface area (Å²) in [5.74, 6) is 0.471. The van der Waals surface area contributed by atoms with Crippen molar-refractivity contribution in [2.75, 3.05) is 0 Å². The fourth-order valence-electron chi connectivity index (χ4n) is 0.997. The van der Waals surface area contributed by atoms with E-state index in [1.165, 1.54) is 0 Å². The normalized spacial score (nSPS) is 12.8. The Bertz CT molecular complexity index is 232. The number of aromatic nitrogens is 2. The van der Waals surface area contributed by atoms with Crippen molar-refractivity contribution in [1.82, 2.24) is 9.78 Å². The molecule has 0 aliphatic carbocycles. The molecule has 0 aromatic carbocycles. The Labute approximate surface area is 79.4 Å². The van der Waals surface area contributed by atoms with Crippen molar-refractivity contribution < 1.29 is 0 Å². The SMILES string of the molecule is CC(C)C(N)c1cnn(C)c1.Cl. The van der Waals surface area contributed by atoms with Gasteiger partial charge in [-0.05, 0) is 5.92 Å². The lowest BCUT2D eigenvalue weighted by Gasteiger charge is -2.12. The Hall–Kier alpha value is -0.540. The molecule has 1 heterocycles. The van der Waals surface area contributed by atoms with Crippen molar-refractivity contribution in [2.24, 2.45) is 18.7 Å². The van der Waals surface area contributed by atoms with E-state index in [1.54, 1.807) is 4.68 Å². The topological polar surface area (TPSA) is 43.8 Å². The van der Waals surface area contributed by atoms with Crippen LogP contribution in [0, 0.1) is 5.92 Å². The van der Waals surface area contributed by atoms with Gasteiger partial charge in [0, 0.05) is 24.8 Å². The van der Waals surface area contributed by atoms with E-state index < -0.39 is 0 Å². The number of rotatable bonds is 2. The quantitative estimate of drug-likeness (QED) is 0.767. The summed E-state index contributed by atoms with van der Waals surface area (Å²) in [5.41, 5.74) is 7.01. The maximum Gasteiger partial charge on any atom is 0.0537 e. The molecule has 0 spiro atoms. The molecule has 1 rings (SSSR count). The fourth-order valence-corrected chi connectivity index (χ4v) is 0.997. The van der Waals surface area contributed by atoms with E-state index in [2.05, 4.69) is 18.9 Å². The van der Waals surface area contributed by atoms with Gasteiger partial charge in [0.1, 0.15) is 0 Å². The standard InChI is InChI=1S/C8H15N3.ClH/c1-6(2)8(9)7-4-10-11(3)5-7;/h4-6,8H,9H2,1-3H3;1H. The van der Waals surface area contributed by atoms with Crippen LogP contribution in [0.25, 0.3) is 0 Å². The van der Waals surface area contributed by atoms with Crippen LogP contribution in [0.4, 0.5) is 0 Å². The van der Waals surface area contributed by atoms with Gasteiger partial charge in [-0.15, -0.1) is 12.4 Å². The monoisotopic (exact) mass is 189 g/mol. The number of halogens is 1. The van der Waals surface area contributed by atoms with Crippen LogP contribution in [0.3, 0.4) is 0 Å². The van der Waals surface area contributed by atoms with Crippen LogP contribution in [0.1, 0.15) is 25.5 Å². The molecular weight excluding hydrogens is 174 g/mol. The largest absolute Gasteiger partial charge is 0.324 e. The highest BCUT2D eigenvalue weighted by Crippen LogP contribution is 2.16. The third-order valence-electron chi connectivity index (χ3n) is 1.83. The summed E-state index contributed by atoms with van der Waals surface area (Å²) in [4.78, 5) is 0. The molecule has 3 nitrogen and oxygen atoms in total. The zero-order valence-electron chi connectivity index (χ0n) is 7.69. The molecule has 4 heteroatoms. The highest BCUT2D eigenvalue weighted by Gasteiger charge is 2.11. The van der Waals surface area contributed by atoms with E-state index >= 15 is 0 Å². The van der Waals surface area contributed by atoms with Gasteiger partial charge < -0.3 is 5.73 Å². The molecule has 12 heavy (non-hydrogen) atoms. The molecule has 1 aromatic heterocycles. The fraction of sp³-hybridized carbons (Fsp3) is 0.625.